The summed E-state index contributed by atoms with van der Waals surface area (Å²) in [7, 11) is 0. The first-order valence-electron chi connectivity index (χ1n) is 5.39. The number of nitrogens with zero attached hydrogens (tertiary/aromatic N) is 2. The Bertz CT molecular complexity index is 587. The summed E-state index contributed by atoms with van der Waals surface area (Å²) in [6, 6.07) is 7.59. The van der Waals surface area contributed by atoms with Gasteiger partial charge in [-0.1, -0.05) is 12.1 Å². The van der Waals surface area contributed by atoms with E-state index in [9.17, 15) is 9.18 Å². The zero-order chi connectivity index (χ0) is 13.1. The number of hydrogen-bond donors (Lipinski definition) is 1. The normalized spacial score (nSPS) is 12.1. The highest BCUT2D eigenvalue weighted by Gasteiger charge is 2.17. The molecule has 2 aromatic rings. The number of carboxylic acid groups (broad SMARTS) is 1. The summed E-state index contributed by atoms with van der Waals surface area (Å²) in [5, 5.41) is 8.90. The summed E-state index contributed by atoms with van der Waals surface area (Å²) in [4.78, 5) is 18.9. The van der Waals surface area contributed by atoms with Gasteiger partial charge in [0.2, 0.25) is 0 Å². The second-order valence-electron chi connectivity index (χ2n) is 3.87. The largest absolute Gasteiger partial charge is 0.481 e. The van der Waals surface area contributed by atoms with Crippen LogP contribution >= 0.6 is 0 Å². The summed E-state index contributed by atoms with van der Waals surface area (Å²) in [6.07, 6.45) is 1.47. The first-order valence-corrected chi connectivity index (χ1v) is 5.39. The van der Waals surface area contributed by atoms with Crippen LogP contribution in [0.15, 0.2) is 36.5 Å². The third-order valence-electron chi connectivity index (χ3n) is 2.55. The number of carboxylic acids is 1. The maximum atomic E-state index is 13.1. The summed E-state index contributed by atoms with van der Waals surface area (Å²) in [5.74, 6) is -1.94. The van der Waals surface area contributed by atoms with Gasteiger partial charge in [-0.05, 0) is 25.1 Å². The number of aliphatic carboxylic acids is 1. The third kappa shape index (κ3) is 2.51. The maximum absolute atomic E-state index is 13.1. The molecule has 1 heterocycles. The molecule has 92 valence electrons. The molecule has 1 aromatic heterocycles. The van der Waals surface area contributed by atoms with Crippen molar-refractivity contribution in [3.8, 4) is 11.3 Å². The Morgan fingerprint density at radius 3 is 2.83 bits per heavy atom. The summed E-state index contributed by atoms with van der Waals surface area (Å²) >= 11 is 0. The Kier molecular flexibility index (Phi) is 3.32. The van der Waals surface area contributed by atoms with E-state index in [2.05, 4.69) is 9.97 Å². The second kappa shape index (κ2) is 4.91. The van der Waals surface area contributed by atoms with Crippen LogP contribution in [0.4, 0.5) is 4.39 Å². The number of aromatic nitrogens is 2. The van der Waals surface area contributed by atoms with Crippen molar-refractivity contribution in [3.63, 3.8) is 0 Å². The van der Waals surface area contributed by atoms with Gasteiger partial charge in [0.25, 0.3) is 0 Å². The van der Waals surface area contributed by atoms with Crippen molar-refractivity contribution < 1.29 is 14.3 Å². The fourth-order valence-electron chi connectivity index (χ4n) is 1.50. The molecule has 1 aromatic carbocycles. The summed E-state index contributed by atoms with van der Waals surface area (Å²) < 4.78 is 13.1. The van der Waals surface area contributed by atoms with E-state index in [4.69, 9.17) is 5.11 Å². The Labute approximate surface area is 103 Å². The minimum atomic E-state index is -0.994. The van der Waals surface area contributed by atoms with Crippen LogP contribution in [0.2, 0.25) is 0 Å². The molecule has 0 aliphatic carbocycles. The highest BCUT2D eigenvalue weighted by molar-refractivity contribution is 5.74. The first kappa shape index (κ1) is 12.2. The molecule has 1 N–H and O–H groups in total. The van der Waals surface area contributed by atoms with E-state index in [0.29, 0.717) is 11.3 Å². The predicted molar refractivity (Wildman–Crippen MR) is 63.5 cm³/mol. The van der Waals surface area contributed by atoms with Crippen LogP contribution < -0.4 is 0 Å². The Balaban J connectivity index is 2.41. The molecule has 0 aliphatic heterocycles. The number of benzene rings is 1. The SMILES string of the molecule is CC(C(=O)O)c1nccc(-c2cccc(F)c2)n1. The fraction of sp³-hybridized carbons (Fsp3) is 0.154. The highest BCUT2D eigenvalue weighted by atomic mass is 19.1. The van der Waals surface area contributed by atoms with Gasteiger partial charge in [0.1, 0.15) is 17.6 Å². The molecule has 0 aliphatic rings. The maximum Gasteiger partial charge on any atom is 0.313 e. The average molecular weight is 246 g/mol. The summed E-state index contributed by atoms with van der Waals surface area (Å²) in [5.41, 5.74) is 1.10. The van der Waals surface area contributed by atoms with Gasteiger partial charge in [0.15, 0.2) is 0 Å². The molecule has 0 spiro atoms. The number of halogens is 1. The lowest BCUT2D eigenvalue weighted by molar-refractivity contribution is -0.138. The van der Waals surface area contributed by atoms with Crippen molar-refractivity contribution in [2.24, 2.45) is 0 Å². The van der Waals surface area contributed by atoms with E-state index in [0.717, 1.165) is 0 Å². The smallest absolute Gasteiger partial charge is 0.313 e. The second-order valence-corrected chi connectivity index (χ2v) is 3.87. The van der Waals surface area contributed by atoms with Crippen LogP contribution in [0, 0.1) is 5.82 Å². The van der Waals surface area contributed by atoms with Crippen molar-refractivity contribution in [1.29, 1.82) is 0 Å². The van der Waals surface area contributed by atoms with Gasteiger partial charge < -0.3 is 5.11 Å². The summed E-state index contributed by atoms with van der Waals surface area (Å²) in [6.45, 7) is 1.51. The van der Waals surface area contributed by atoms with E-state index in [1.807, 2.05) is 0 Å². The molecular weight excluding hydrogens is 235 g/mol. The highest BCUT2D eigenvalue weighted by Crippen LogP contribution is 2.19. The van der Waals surface area contributed by atoms with Crippen molar-refractivity contribution in [3.05, 3.63) is 48.2 Å². The molecule has 5 heteroatoms. The van der Waals surface area contributed by atoms with Crippen molar-refractivity contribution >= 4 is 5.97 Å². The lowest BCUT2D eigenvalue weighted by atomic mass is 10.1. The zero-order valence-corrected chi connectivity index (χ0v) is 9.67. The van der Waals surface area contributed by atoms with Crippen LogP contribution in [-0.4, -0.2) is 21.0 Å². The minimum Gasteiger partial charge on any atom is -0.481 e. The van der Waals surface area contributed by atoms with Gasteiger partial charge in [0.05, 0.1) is 5.69 Å². The number of carbonyl (C=O) groups is 1. The molecule has 4 nitrogen and oxygen atoms in total. The fourth-order valence-corrected chi connectivity index (χ4v) is 1.50. The number of rotatable bonds is 3. The Morgan fingerprint density at radius 2 is 2.17 bits per heavy atom. The van der Waals surface area contributed by atoms with Crippen LogP contribution in [0.3, 0.4) is 0 Å². The molecule has 0 fully saturated rings. The van der Waals surface area contributed by atoms with E-state index >= 15 is 0 Å². The minimum absolute atomic E-state index is 0.212. The molecule has 1 unspecified atom stereocenters. The molecule has 1 atom stereocenters. The quantitative estimate of drug-likeness (QED) is 0.903. The van der Waals surface area contributed by atoms with Crippen molar-refractivity contribution in [2.75, 3.05) is 0 Å². The van der Waals surface area contributed by atoms with Gasteiger partial charge in [-0.15, -0.1) is 0 Å². The van der Waals surface area contributed by atoms with Crippen LogP contribution in [0.1, 0.15) is 18.7 Å². The van der Waals surface area contributed by atoms with Gasteiger partial charge in [-0.2, -0.15) is 0 Å². The van der Waals surface area contributed by atoms with Gasteiger partial charge in [-0.25, -0.2) is 14.4 Å². The molecule has 2 rings (SSSR count). The lowest BCUT2D eigenvalue weighted by Crippen LogP contribution is -2.11. The standard InChI is InChI=1S/C13H11FN2O2/c1-8(13(17)18)12-15-6-5-11(16-12)9-3-2-4-10(14)7-9/h2-8H,1H3,(H,17,18). The lowest BCUT2D eigenvalue weighted by Gasteiger charge is -2.07. The van der Waals surface area contributed by atoms with Crippen molar-refractivity contribution in [1.82, 2.24) is 9.97 Å². The molecule has 18 heavy (non-hydrogen) atoms. The van der Waals surface area contributed by atoms with Crippen LogP contribution in [0.5, 0.6) is 0 Å². The van der Waals surface area contributed by atoms with Gasteiger partial charge in [-0.3, -0.25) is 4.79 Å². The molecular formula is C13H11FN2O2. The van der Waals surface area contributed by atoms with Crippen molar-refractivity contribution in [2.45, 2.75) is 12.8 Å². The molecule has 0 saturated carbocycles. The molecule has 0 bridgehead atoms. The number of hydrogen-bond acceptors (Lipinski definition) is 3. The van der Waals surface area contributed by atoms with E-state index in [1.165, 1.54) is 25.3 Å². The van der Waals surface area contributed by atoms with Crippen LogP contribution in [0.25, 0.3) is 11.3 Å². The average Bonchev–Trinajstić information content (AvgIpc) is 2.38. The topological polar surface area (TPSA) is 63.1 Å². The molecule has 0 amide bonds. The monoisotopic (exact) mass is 246 g/mol. The predicted octanol–water partition coefficient (Wildman–Crippen LogP) is 2.47. The third-order valence-corrected chi connectivity index (χ3v) is 2.55. The molecule has 0 saturated heterocycles. The molecule has 0 radical (unpaired) electrons. The van der Waals surface area contributed by atoms with E-state index in [-0.39, 0.29) is 11.6 Å². The Hall–Kier alpha value is -2.30. The van der Waals surface area contributed by atoms with Gasteiger partial charge >= 0.3 is 5.97 Å². The van der Waals surface area contributed by atoms with Crippen LogP contribution in [-0.2, 0) is 4.79 Å². The van der Waals surface area contributed by atoms with Gasteiger partial charge in [0, 0.05) is 11.8 Å². The Morgan fingerprint density at radius 1 is 1.39 bits per heavy atom. The first-order chi connectivity index (χ1) is 8.58. The van der Waals surface area contributed by atoms with E-state index < -0.39 is 11.9 Å². The zero-order valence-electron chi connectivity index (χ0n) is 9.67. The van der Waals surface area contributed by atoms with E-state index in [1.54, 1.807) is 18.2 Å².